The lowest BCUT2D eigenvalue weighted by atomic mass is 10.3. The van der Waals surface area contributed by atoms with Crippen molar-refractivity contribution in [1.82, 2.24) is 4.31 Å². The molecular formula is C15H14FN3O5S. The quantitative estimate of drug-likeness (QED) is 0.620. The predicted octanol–water partition coefficient (Wildman–Crippen LogP) is 1.99. The number of hydrogen-bond acceptors (Lipinski definition) is 5. The van der Waals surface area contributed by atoms with Gasteiger partial charge in [-0.3, -0.25) is 14.9 Å². The fraction of sp³-hybridized carbons (Fsp3) is 0.133. The highest BCUT2D eigenvalue weighted by molar-refractivity contribution is 7.89. The number of carbonyl (C=O) groups is 1. The van der Waals surface area contributed by atoms with Gasteiger partial charge in [0.25, 0.3) is 5.69 Å². The number of non-ortho nitro benzene ring substituents is 1. The summed E-state index contributed by atoms with van der Waals surface area (Å²) in [5.41, 5.74) is 0.164. The van der Waals surface area contributed by atoms with E-state index in [1.807, 2.05) is 0 Å². The van der Waals surface area contributed by atoms with E-state index in [0.717, 1.165) is 28.6 Å². The van der Waals surface area contributed by atoms with E-state index in [0.29, 0.717) is 5.69 Å². The van der Waals surface area contributed by atoms with E-state index < -0.39 is 33.2 Å². The van der Waals surface area contributed by atoms with Gasteiger partial charge >= 0.3 is 0 Å². The average Bonchev–Trinajstić information content (AvgIpc) is 2.55. The van der Waals surface area contributed by atoms with Crippen LogP contribution in [0.1, 0.15) is 0 Å². The van der Waals surface area contributed by atoms with E-state index >= 15 is 0 Å². The molecule has 2 rings (SSSR count). The van der Waals surface area contributed by atoms with Gasteiger partial charge < -0.3 is 5.32 Å². The van der Waals surface area contributed by atoms with Crippen LogP contribution < -0.4 is 5.32 Å². The van der Waals surface area contributed by atoms with Gasteiger partial charge in [0, 0.05) is 24.9 Å². The molecule has 0 unspecified atom stereocenters. The van der Waals surface area contributed by atoms with Crippen molar-refractivity contribution in [3.05, 3.63) is 64.5 Å². The maximum atomic E-state index is 12.9. The van der Waals surface area contributed by atoms with Gasteiger partial charge in [0.1, 0.15) is 5.82 Å². The van der Waals surface area contributed by atoms with Crippen LogP contribution in [0.15, 0.2) is 53.4 Å². The van der Waals surface area contributed by atoms with E-state index in [4.69, 9.17) is 0 Å². The van der Waals surface area contributed by atoms with Gasteiger partial charge in [-0.05, 0) is 36.4 Å². The van der Waals surface area contributed by atoms with E-state index in [1.165, 1.54) is 31.3 Å². The molecule has 0 saturated carbocycles. The summed E-state index contributed by atoms with van der Waals surface area (Å²) in [5, 5.41) is 13.0. The van der Waals surface area contributed by atoms with Crippen molar-refractivity contribution < 1.29 is 22.5 Å². The van der Waals surface area contributed by atoms with Crippen LogP contribution in [0.3, 0.4) is 0 Å². The van der Waals surface area contributed by atoms with E-state index in [9.17, 15) is 27.7 Å². The zero-order chi connectivity index (χ0) is 18.6. The van der Waals surface area contributed by atoms with Gasteiger partial charge in [-0.25, -0.2) is 12.8 Å². The summed E-state index contributed by atoms with van der Waals surface area (Å²) in [7, 11) is -2.73. The number of likely N-dealkylation sites (N-methyl/N-ethyl adjacent to an activating group) is 1. The molecule has 0 saturated heterocycles. The summed E-state index contributed by atoms with van der Waals surface area (Å²) in [6.07, 6.45) is 0. The SMILES string of the molecule is CN(CC(=O)Nc1ccc([N+](=O)[O-])cc1)S(=O)(=O)c1ccc(F)cc1. The fourth-order valence-corrected chi connectivity index (χ4v) is 3.07. The number of nitrogens with zero attached hydrogens (tertiary/aromatic N) is 2. The maximum absolute atomic E-state index is 12.9. The molecule has 0 aliphatic heterocycles. The second-order valence-electron chi connectivity index (χ2n) is 5.07. The number of nitro groups is 1. The molecule has 0 heterocycles. The minimum absolute atomic E-state index is 0.131. The van der Waals surface area contributed by atoms with Crippen LogP contribution in [-0.2, 0) is 14.8 Å². The second kappa shape index (κ2) is 7.36. The highest BCUT2D eigenvalue weighted by Crippen LogP contribution is 2.17. The van der Waals surface area contributed by atoms with Gasteiger partial charge in [-0.2, -0.15) is 4.31 Å². The Labute approximate surface area is 143 Å². The minimum Gasteiger partial charge on any atom is -0.325 e. The minimum atomic E-state index is -3.94. The Morgan fingerprint density at radius 3 is 2.24 bits per heavy atom. The molecule has 0 aromatic heterocycles. The van der Waals surface area contributed by atoms with Crippen LogP contribution in [0, 0.1) is 15.9 Å². The third-order valence-electron chi connectivity index (χ3n) is 3.25. The van der Waals surface area contributed by atoms with Crippen LogP contribution in [0.25, 0.3) is 0 Å². The number of nitrogens with one attached hydrogen (secondary N) is 1. The van der Waals surface area contributed by atoms with Crippen molar-refractivity contribution in [2.24, 2.45) is 0 Å². The third-order valence-corrected chi connectivity index (χ3v) is 5.07. The first kappa shape index (κ1) is 18.5. The van der Waals surface area contributed by atoms with E-state index in [-0.39, 0.29) is 10.6 Å². The number of hydrogen-bond donors (Lipinski definition) is 1. The van der Waals surface area contributed by atoms with E-state index in [1.54, 1.807) is 0 Å². The topological polar surface area (TPSA) is 110 Å². The molecule has 132 valence electrons. The highest BCUT2D eigenvalue weighted by atomic mass is 32.2. The number of anilines is 1. The molecule has 0 fully saturated rings. The Morgan fingerprint density at radius 2 is 1.72 bits per heavy atom. The molecule has 0 aliphatic rings. The van der Waals surface area contributed by atoms with Gasteiger partial charge in [-0.1, -0.05) is 0 Å². The number of halogens is 1. The molecular weight excluding hydrogens is 353 g/mol. The molecule has 0 radical (unpaired) electrons. The zero-order valence-electron chi connectivity index (χ0n) is 13.0. The fourth-order valence-electron chi connectivity index (χ4n) is 1.94. The second-order valence-corrected chi connectivity index (χ2v) is 7.11. The van der Waals surface area contributed by atoms with Crippen molar-refractivity contribution in [2.45, 2.75) is 4.90 Å². The Balaban J connectivity index is 2.04. The summed E-state index contributed by atoms with van der Waals surface area (Å²) in [4.78, 5) is 21.8. The van der Waals surface area contributed by atoms with Gasteiger partial charge in [0.05, 0.1) is 16.4 Å². The summed E-state index contributed by atoms with van der Waals surface area (Å²) in [5.74, 6) is -1.19. The molecule has 25 heavy (non-hydrogen) atoms. The lowest BCUT2D eigenvalue weighted by Gasteiger charge is -2.16. The van der Waals surface area contributed by atoms with Crippen LogP contribution in [-0.4, -0.2) is 37.1 Å². The Kier molecular flexibility index (Phi) is 5.45. The van der Waals surface area contributed by atoms with Crippen LogP contribution in [0.5, 0.6) is 0 Å². The number of benzene rings is 2. The van der Waals surface area contributed by atoms with Crippen molar-refractivity contribution >= 4 is 27.3 Å². The Bertz CT molecular complexity index is 882. The van der Waals surface area contributed by atoms with Gasteiger partial charge in [-0.15, -0.1) is 0 Å². The third kappa shape index (κ3) is 4.58. The van der Waals surface area contributed by atoms with Crippen LogP contribution >= 0.6 is 0 Å². The van der Waals surface area contributed by atoms with Crippen molar-refractivity contribution in [3.63, 3.8) is 0 Å². The summed E-state index contributed by atoms with van der Waals surface area (Å²) in [6, 6.07) is 9.35. The van der Waals surface area contributed by atoms with Crippen LogP contribution in [0.4, 0.5) is 15.8 Å². The summed E-state index contributed by atoms with van der Waals surface area (Å²) in [6.45, 7) is -0.475. The van der Waals surface area contributed by atoms with Crippen molar-refractivity contribution in [1.29, 1.82) is 0 Å². The van der Waals surface area contributed by atoms with Crippen LogP contribution in [0.2, 0.25) is 0 Å². The zero-order valence-corrected chi connectivity index (χ0v) is 13.9. The monoisotopic (exact) mass is 367 g/mol. The molecule has 1 amide bonds. The molecule has 2 aromatic rings. The number of nitro benzene ring substituents is 1. The largest absolute Gasteiger partial charge is 0.325 e. The highest BCUT2D eigenvalue weighted by Gasteiger charge is 2.23. The molecule has 2 aromatic carbocycles. The molecule has 10 heteroatoms. The summed E-state index contributed by atoms with van der Waals surface area (Å²) < 4.78 is 38.3. The molecule has 0 bridgehead atoms. The summed E-state index contributed by atoms with van der Waals surface area (Å²) >= 11 is 0. The molecule has 0 aliphatic carbocycles. The van der Waals surface area contributed by atoms with Gasteiger partial charge in [0.15, 0.2) is 0 Å². The van der Waals surface area contributed by atoms with Crippen molar-refractivity contribution in [2.75, 3.05) is 18.9 Å². The smallest absolute Gasteiger partial charge is 0.269 e. The van der Waals surface area contributed by atoms with E-state index in [2.05, 4.69) is 5.32 Å². The molecule has 0 spiro atoms. The number of amides is 1. The average molecular weight is 367 g/mol. The first-order chi connectivity index (χ1) is 11.7. The lowest BCUT2D eigenvalue weighted by molar-refractivity contribution is -0.384. The first-order valence-corrected chi connectivity index (χ1v) is 8.40. The molecule has 1 N–H and O–H groups in total. The molecule has 8 nitrogen and oxygen atoms in total. The Morgan fingerprint density at radius 1 is 1.16 bits per heavy atom. The van der Waals surface area contributed by atoms with Crippen molar-refractivity contribution in [3.8, 4) is 0 Å². The Hall–Kier alpha value is -2.85. The standard InChI is InChI=1S/C15H14FN3O5S/c1-18(25(23,24)14-8-2-11(16)3-9-14)10-15(20)17-12-4-6-13(7-5-12)19(21)22/h2-9H,10H2,1H3,(H,17,20). The maximum Gasteiger partial charge on any atom is 0.269 e. The molecule has 0 atom stereocenters. The normalized spacial score (nSPS) is 11.3. The van der Waals surface area contributed by atoms with Gasteiger partial charge in [0.2, 0.25) is 15.9 Å². The first-order valence-electron chi connectivity index (χ1n) is 6.96. The number of carbonyl (C=O) groups excluding carboxylic acids is 1. The number of sulfonamides is 1. The lowest BCUT2D eigenvalue weighted by Crippen LogP contribution is -2.34. The predicted molar refractivity (Wildman–Crippen MR) is 87.9 cm³/mol. The number of rotatable bonds is 6.